The van der Waals surface area contributed by atoms with Gasteiger partial charge in [-0.3, -0.25) is 4.79 Å². The number of carbonyl (C=O) groups is 1. The Hall–Kier alpha value is -2.37. The van der Waals surface area contributed by atoms with E-state index in [0.29, 0.717) is 30.2 Å². The molecule has 8 heteroatoms. The molecule has 6 nitrogen and oxygen atoms in total. The van der Waals surface area contributed by atoms with Crippen molar-refractivity contribution < 1.29 is 4.79 Å². The van der Waals surface area contributed by atoms with Gasteiger partial charge in [-0.05, 0) is 12.0 Å². The fourth-order valence-electron chi connectivity index (χ4n) is 2.66. The number of anilines is 1. The first-order chi connectivity index (χ1) is 13.1. The molecule has 0 spiro atoms. The van der Waals surface area contributed by atoms with Gasteiger partial charge in [0.05, 0.1) is 18.2 Å². The summed E-state index contributed by atoms with van der Waals surface area (Å²) in [7, 11) is 0. The van der Waals surface area contributed by atoms with Gasteiger partial charge in [0.15, 0.2) is 10.1 Å². The van der Waals surface area contributed by atoms with E-state index in [0.717, 1.165) is 26.9 Å². The summed E-state index contributed by atoms with van der Waals surface area (Å²) in [6.45, 7) is 5.70. The first-order valence-corrected chi connectivity index (χ1v) is 10.6. The number of hydrogen-bond donors (Lipinski definition) is 1. The summed E-state index contributed by atoms with van der Waals surface area (Å²) in [6.07, 6.45) is 2.28. The van der Waals surface area contributed by atoms with Gasteiger partial charge in [0, 0.05) is 35.8 Å². The lowest BCUT2D eigenvalue weighted by Crippen LogP contribution is -2.07. The van der Waals surface area contributed by atoms with Crippen molar-refractivity contribution in [2.75, 3.05) is 17.6 Å². The third kappa shape index (κ3) is 4.87. The highest BCUT2D eigenvalue weighted by Gasteiger charge is 2.16. The maximum Gasteiger partial charge on any atom is 0.206 e. The van der Waals surface area contributed by atoms with E-state index in [-0.39, 0.29) is 5.78 Å². The summed E-state index contributed by atoms with van der Waals surface area (Å²) in [4.78, 5) is 12.8. The van der Waals surface area contributed by atoms with Crippen LogP contribution in [0.15, 0.2) is 34.8 Å². The average molecular weight is 400 g/mol. The van der Waals surface area contributed by atoms with E-state index >= 15 is 0 Å². The van der Waals surface area contributed by atoms with Crippen LogP contribution >= 0.6 is 23.1 Å². The summed E-state index contributed by atoms with van der Waals surface area (Å²) < 4.78 is 2.76. The fourth-order valence-corrected chi connectivity index (χ4v) is 4.30. The molecule has 3 aromatic rings. The van der Waals surface area contributed by atoms with Gasteiger partial charge in [-0.15, -0.1) is 10.2 Å². The molecule has 0 amide bonds. The number of aryl methyl sites for hydroxylation is 1. The van der Waals surface area contributed by atoms with Crippen LogP contribution in [0, 0.1) is 17.2 Å². The number of nitriles is 1. The van der Waals surface area contributed by atoms with Crippen molar-refractivity contribution in [1.29, 1.82) is 5.26 Å². The fraction of sp³-hybridized carbons (Fsp3) is 0.368. The number of Topliss-reactive ketones (excluding diaryl/α,β-unsaturated/α-hetero) is 1. The van der Waals surface area contributed by atoms with Crippen molar-refractivity contribution in [1.82, 2.24) is 14.8 Å². The van der Waals surface area contributed by atoms with Gasteiger partial charge in [0.1, 0.15) is 0 Å². The molecule has 0 aliphatic rings. The zero-order valence-corrected chi connectivity index (χ0v) is 16.9. The van der Waals surface area contributed by atoms with E-state index in [9.17, 15) is 4.79 Å². The summed E-state index contributed by atoms with van der Waals surface area (Å²) in [5.41, 5.74) is 1.68. The number of nitrogens with zero attached hydrogens (tertiary/aromatic N) is 4. The maximum absolute atomic E-state index is 12.8. The van der Waals surface area contributed by atoms with Gasteiger partial charge in [-0.1, -0.05) is 55.1 Å². The molecule has 0 radical (unpaired) electrons. The summed E-state index contributed by atoms with van der Waals surface area (Å²) in [6, 6.07) is 9.96. The van der Waals surface area contributed by atoms with Crippen molar-refractivity contribution in [2.24, 2.45) is 5.92 Å². The Labute approximate surface area is 166 Å². The minimum Gasteiger partial charge on any atom is -0.360 e. The van der Waals surface area contributed by atoms with Crippen LogP contribution in [-0.4, -0.2) is 32.8 Å². The molecular formula is C19H21N5OS2. The quantitative estimate of drug-likeness (QED) is 0.423. The van der Waals surface area contributed by atoms with Crippen LogP contribution in [-0.2, 0) is 6.54 Å². The number of ketones is 1. The number of hydrogen-bond acceptors (Lipinski definition) is 7. The molecule has 140 valence electrons. The van der Waals surface area contributed by atoms with Crippen LogP contribution in [0.25, 0.3) is 10.9 Å². The topological polar surface area (TPSA) is 83.6 Å². The molecule has 0 fully saturated rings. The van der Waals surface area contributed by atoms with E-state index in [1.807, 2.05) is 35.0 Å². The van der Waals surface area contributed by atoms with E-state index in [2.05, 4.69) is 35.4 Å². The van der Waals surface area contributed by atoms with Gasteiger partial charge in [0.25, 0.3) is 0 Å². The number of aromatic nitrogens is 3. The number of carbonyl (C=O) groups excluding carboxylic acids is 1. The lowest BCUT2D eigenvalue weighted by Gasteiger charge is -2.03. The van der Waals surface area contributed by atoms with Gasteiger partial charge in [-0.2, -0.15) is 5.26 Å². The number of nitrogens with one attached hydrogen (secondary N) is 1. The van der Waals surface area contributed by atoms with E-state index in [4.69, 9.17) is 5.26 Å². The molecule has 0 atom stereocenters. The zero-order valence-electron chi connectivity index (χ0n) is 15.3. The second kappa shape index (κ2) is 9.02. The molecule has 2 heterocycles. The number of rotatable bonds is 9. The first-order valence-electron chi connectivity index (χ1n) is 8.76. The molecule has 1 N–H and O–H groups in total. The third-order valence-electron chi connectivity index (χ3n) is 3.95. The van der Waals surface area contributed by atoms with Gasteiger partial charge < -0.3 is 9.88 Å². The average Bonchev–Trinajstić information content (AvgIpc) is 3.27. The van der Waals surface area contributed by atoms with Gasteiger partial charge in [0.2, 0.25) is 5.13 Å². The molecule has 3 rings (SSSR count). The Kier molecular flexibility index (Phi) is 6.48. The standard InChI is InChI=1S/C19H21N5OS2/c1-13(2)10-21-18-22-23-19(27-18)26-12-17(25)15-11-24(9-5-8-20)16-7-4-3-6-14(15)16/h3-4,6-7,11,13H,5,9-10,12H2,1-2H3,(H,21,22). The van der Waals surface area contributed by atoms with E-state index < -0.39 is 0 Å². The minimum atomic E-state index is 0.0544. The Balaban J connectivity index is 1.69. The zero-order chi connectivity index (χ0) is 19.2. The van der Waals surface area contributed by atoms with Crippen molar-refractivity contribution in [3.05, 3.63) is 36.0 Å². The molecule has 2 aromatic heterocycles. The highest BCUT2D eigenvalue weighted by atomic mass is 32.2. The maximum atomic E-state index is 12.8. The molecule has 0 aliphatic carbocycles. The molecule has 0 saturated heterocycles. The lowest BCUT2D eigenvalue weighted by atomic mass is 10.1. The number of fused-ring (bicyclic) bond motifs is 1. The predicted molar refractivity (Wildman–Crippen MR) is 110 cm³/mol. The predicted octanol–water partition coefficient (Wildman–Crippen LogP) is 4.45. The number of para-hydroxylation sites is 1. The summed E-state index contributed by atoms with van der Waals surface area (Å²) in [5, 5.41) is 22.1. The SMILES string of the molecule is CC(C)CNc1nnc(SCC(=O)c2cn(CCC#N)c3ccccc23)s1. The van der Waals surface area contributed by atoms with Crippen LogP contribution in [0.1, 0.15) is 30.6 Å². The van der Waals surface area contributed by atoms with Gasteiger partial charge in [-0.25, -0.2) is 0 Å². The highest BCUT2D eigenvalue weighted by Crippen LogP contribution is 2.28. The molecule has 0 unspecified atom stereocenters. The molecule has 0 saturated carbocycles. The van der Waals surface area contributed by atoms with Crippen molar-refractivity contribution in [3.63, 3.8) is 0 Å². The van der Waals surface area contributed by atoms with Crippen molar-refractivity contribution in [3.8, 4) is 6.07 Å². The molecular weight excluding hydrogens is 378 g/mol. The van der Waals surface area contributed by atoms with Crippen LogP contribution in [0.2, 0.25) is 0 Å². The van der Waals surface area contributed by atoms with Crippen LogP contribution in [0.5, 0.6) is 0 Å². The first kappa shape index (κ1) is 19.4. The summed E-state index contributed by atoms with van der Waals surface area (Å²) in [5.74, 6) is 0.897. The highest BCUT2D eigenvalue weighted by molar-refractivity contribution is 8.01. The minimum absolute atomic E-state index is 0.0544. The second-order valence-electron chi connectivity index (χ2n) is 6.52. The van der Waals surface area contributed by atoms with Crippen LogP contribution < -0.4 is 5.32 Å². The number of benzene rings is 1. The largest absolute Gasteiger partial charge is 0.360 e. The molecule has 27 heavy (non-hydrogen) atoms. The monoisotopic (exact) mass is 399 g/mol. The second-order valence-corrected chi connectivity index (χ2v) is 8.72. The van der Waals surface area contributed by atoms with Crippen molar-refractivity contribution in [2.45, 2.75) is 31.2 Å². The lowest BCUT2D eigenvalue weighted by molar-refractivity contribution is 0.102. The van der Waals surface area contributed by atoms with Gasteiger partial charge >= 0.3 is 0 Å². The molecule has 0 bridgehead atoms. The Bertz CT molecular complexity index is 970. The Morgan fingerprint density at radius 3 is 2.96 bits per heavy atom. The third-order valence-corrected chi connectivity index (χ3v) is 5.96. The normalized spacial score (nSPS) is 11.0. The Morgan fingerprint density at radius 1 is 1.37 bits per heavy atom. The number of thioether (sulfide) groups is 1. The smallest absolute Gasteiger partial charge is 0.206 e. The van der Waals surface area contributed by atoms with Crippen LogP contribution in [0.4, 0.5) is 5.13 Å². The summed E-state index contributed by atoms with van der Waals surface area (Å²) >= 11 is 2.88. The van der Waals surface area contributed by atoms with E-state index in [1.165, 1.54) is 23.1 Å². The van der Waals surface area contributed by atoms with Crippen molar-refractivity contribution >= 4 is 44.9 Å². The van der Waals surface area contributed by atoms with Crippen LogP contribution in [0.3, 0.4) is 0 Å². The van der Waals surface area contributed by atoms with E-state index in [1.54, 1.807) is 0 Å². The molecule has 1 aromatic carbocycles. The molecule has 0 aliphatic heterocycles. The Morgan fingerprint density at radius 2 is 2.19 bits per heavy atom.